The summed E-state index contributed by atoms with van der Waals surface area (Å²) in [5.74, 6) is 3.23. The quantitative estimate of drug-likeness (QED) is 0.298. The number of hydrogen-bond donors (Lipinski definition) is 1. The normalized spacial score (nSPS) is 24.1. The summed E-state index contributed by atoms with van der Waals surface area (Å²) in [7, 11) is 1.73. The molecule has 1 amide bonds. The number of aliphatic hydroxyl groups is 1. The summed E-state index contributed by atoms with van der Waals surface area (Å²) >= 11 is 0. The van der Waals surface area contributed by atoms with Gasteiger partial charge in [0.1, 0.15) is 11.6 Å². The van der Waals surface area contributed by atoms with Crippen LogP contribution in [0.1, 0.15) is 81.3 Å². The van der Waals surface area contributed by atoms with Gasteiger partial charge in [-0.15, -0.1) is 0 Å². The van der Waals surface area contributed by atoms with Gasteiger partial charge in [-0.25, -0.2) is 4.98 Å². The van der Waals surface area contributed by atoms with Gasteiger partial charge in [-0.1, -0.05) is 24.3 Å². The monoisotopic (exact) mass is 581 g/mol. The molecular weight excluding hydrogens is 534 g/mol. The molecule has 0 radical (unpaired) electrons. The van der Waals surface area contributed by atoms with E-state index in [0.717, 1.165) is 86.5 Å². The molecule has 1 aromatic heterocycles. The predicted molar refractivity (Wildman–Crippen MR) is 174 cm³/mol. The first-order valence-corrected chi connectivity index (χ1v) is 16.4. The topological polar surface area (TPSA) is 65.9 Å². The van der Waals surface area contributed by atoms with Crippen LogP contribution in [0.4, 0.5) is 11.5 Å². The van der Waals surface area contributed by atoms with Gasteiger partial charge < -0.3 is 19.6 Å². The van der Waals surface area contributed by atoms with E-state index in [-0.39, 0.29) is 17.9 Å². The maximum Gasteiger partial charge on any atom is 0.230 e. The highest BCUT2D eigenvalue weighted by Crippen LogP contribution is 2.39. The van der Waals surface area contributed by atoms with Crippen molar-refractivity contribution in [1.29, 1.82) is 0 Å². The Kier molecular flexibility index (Phi) is 9.32. The van der Waals surface area contributed by atoms with Gasteiger partial charge in [-0.05, 0) is 130 Å². The molecule has 1 aliphatic heterocycles. The molecule has 6 nitrogen and oxygen atoms in total. The van der Waals surface area contributed by atoms with Crippen molar-refractivity contribution in [2.24, 2.45) is 11.8 Å². The Morgan fingerprint density at radius 1 is 0.930 bits per heavy atom. The van der Waals surface area contributed by atoms with E-state index >= 15 is 0 Å². The number of nitrogens with zero attached hydrogens (tertiary/aromatic N) is 3. The second kappa shape index (κ2) is 13.5. The number of methoxy groups -OCH3 is 1. The third-order valence-corrected chi connectivity index (χ3v) is 10.2. The number of aromatic nitrogens is 1. The molecule has 6 heteroatoms. The van der Waals surface area contributed by atoms with Gasteiger partial charge in [0.15, 0.2) is 0 Å². The molecule has 0 spiro atoms. The molecule has 3 aliphatic rings. The summed E-state index contributed by atoms with van der Waals surface area (Å²) in [6, 6.07) is 19.4. The van der Waals surface area contributed by atoms with Crippen molar-refractivity contribution in [3.05, 3.63) is 71.9 Å². The zero-order valence-corrected chi connectivity index (χ0v) is 25.9. The molecular formula is C37H47N3O3. The van der Waals surface area contributed by atoms with Crippen LogP contribution < -0.4 is 14.5 Å². The number of rotatable bonds is 8. The number of carbonyl (C=O) groups excluding carboxylic acids is 1. The maximum atomic E-state index is 14.1. The minimum Gasteiger partial charge on any atom is -0.496 e. The van der Waals surface area contributed by atoms with Gasteiger partial charge in [-0.2, -0.15) is 0 Å². The van der Waals surface area contributed by atoms with E-state index in [1.807, 2.05) is 6.20 Å². The summed E-state index contributed by atoms with van der Waals surface area (Å²) in [6.45, 7) is 5.03. The minimum absolute atomic E-state index is 0.0212. The molecule has 3 fully saturated rings. The van der Waals surface area contributed by atoms with E-state index in [1.165, 1.54) is 24.0 Å². The highest BCUT2D eigenvalue weighted by atomic mass is 16.5. The van der Waals surface area contributed by atoms with Crippen LogP contribution in [0, 0.1) is 18.8 Å². The van der Waals surface area contributed by atoms with Gasteiger partial charge in [0, 0.05) is 43.0 Å². The van der Waals surface area contributed by atoms with E-state index in [2.05, 4.69) is 71.3 Å². The summed E-state index contributed by atoms with van der Waals surface area (Å²) in [4.78, 5) is 23.3. The van der Waals surface area contributed by atoms with Gasteiger partial charge in [0.25, 0.3) is 0 Å². The molecule has 43 heavy (non-hydrogen) atoms. The van der Waals surface area contributed by atoms with Crippen LogP contribution >= 0.6 is 0 Å². The molecule has 0 unspecified atom stereocenters. The number of hydrogen-bond acceptors (Lipinski definition) is 5. The van der Waals surface area contributed by atoms with Crippen LogP contribution in [0.25, 0.3) is 11.1 Å². The van der Waals surface area contributed by atoms with Gasteiger partial charge >= 0.3 is 0 Å². The Bertz CT molecular complexity index is 1370. The van der Waals surface area contributed by atoms with Crippen molar-refractivity contribution in [3.63, 3.8) is 0 Å². The van der Waals surface area contributed by atoms with Crippen molar-refractivity contribution in [3.8, 4) is 16.9 Å². The third-order valence-electron chi connectivity index (χ3n) is 10.2. The van der Waals surface area contributed by atoms with Crippen LogP contribution in [0.2, 0.25) is 0 Å². The molecule has 2 saturated carbocycles. The average molecular weight is 582 g/mol. The Balaban J connectivity index is 1.19. The number of aryl methyl sites for hydroxylation is 1. The Morgan fingerprint density at radius 3 is 2.37 bits per heavy atom. The van der Waals surface area contributed by atoms with Gasteiger partial charge in [0.05, 0.1) is 13.2 Å². The standard InChI is InChI=1S/C37H47N3O3/c1-26-22-31(14-18-35(26)43-2)28-10-8-27(9-11-28)25-40(37(42)29-12-16-34(41)17-13-29)33-7-5-6-30(23-33)32-15-19-36(38-24-32)39-20-3-4-21-39/h5-7,14-15,18-19,22-24,27-29,34,41H,3-4,8-13,16-17,20-21,25H2,1-2H3/t27-,28-,29-,34-. The number of pyridine rings is 1. The van der Waals surface area contributed by atoms with Crippen LogP contribution in [-0.4, -0.2) is 48.8 Å². The number of aliphatic hydroxyl groups excluding tert-OH is 1. The fraction of sp³-hybridized carbons (Fsp3) is 0.514. The van der Waals surface area contributed by atoms with Crippen molar-refractivity contribution < 1.29 is 14.6 Å². The zero-order chi connectivity index (χ0) is 29.8. The summed E-state index contributed by atoms with van der Waals surface area (Å²) in [5, 5.41) is 10.1. The van der Waals surface area contributed by atoms with Crippen molar-refractivity contribution in [2.45, 2.75) is 83.2 Å². The molecule has 6 rings (SSSR count). The molecule has 0 atom stereocenters. The summed E-state index contributed by atoms with van der Waals surface area (Å²) in [5.41, 5.74) is 5.74. The lowest BCUT2D eigenvalue weighted by molar-refractivity contribution is -0.124. The molecule has 2 aliphatic carbocycles. The number of anilines is 2. The number of amides is 1. The highest BCUT2D eigenvalue weighted by molar-refractivity contribution is 5.95. The van der Waals surface area contributed by atoms with E-state index in [9.17, 15) is 9.90 Å². The fourth-order valence-electron chi connectivity index (χ4n) is 7.50. The summed E-state index contributed by atoms with van der Waals surface area (Å²) in [6.07, 6.45) is 11.6. The SMILES string of the molecule is COc1ccc([C@H]2CC[C@H](CN(c3cccc(-c4ccc(N5CCCC5)nc4)c3)C(=O)[C@H]3CC[C@H](O)CC3)CC2)cc1C. The van der Waals surface area contributed by atoms with Crippen molar-refractivity contribution in [1.82, 2.24) is 4.98 Å². The first-order chi connectivity index (χ1) is 21.0. The van der Waals surface area contributed by atoms with Crippen LogP contribution in [0.5, 0.6) is 5.75 Å². The lowest BCUT2D eigenvalue weighted by atomic mass is 9.78. The molecule has 1 saturated heterocycles. The third kappa shape index (κ3) is 6.90. The number of benzene rings is 2. The van der Waals surface area contributed by atoms with E-state index in [1.54, 1.807) is 7.11 Å². The average Bonchev–Trinajstić information content (AvgIpc) is 3.59. The lowest BCUT2D eigenvalue weighted by Gasteiger charge is -2.36. The predicted octanol–water partition coefficient (Wildman–Crippen LogP) is 7.52. The zero-order valence-electron chi connectivity index (χ0n) is 25.9. The Morgan fingerprint density at radius 2 is 1.70 bits per heavy atom. The second-order valence-corrected chi connectivity index (χ2v) is 13.1. The van der Waals surface area contributed by atoms with Crippen molar-refractivity contribution in [2.75, 3.05) is 36.5 Å². The molecule has 2 aromatic carbocycles. The minimum atomic E-state index is -0.270. The van der Waals surface area contributed by atoms with E-state index in [4.69, 9.17) is 9.72 Å². The van der Waals surface area contributed by atoms with Crippen LogP contribution in [0.15, 0.2) is 60.8 Å². The van der Waals surface area contributed by atoms with Crippen LogP contribution in [-0.2, 0) is 4.79 Å². The lowest BCUT2D eigenvalue weighted by Crippen LogP contribution is -2.41. The molecule has 2 heterocycles. The van der Waals surface area contributed by atoms with Crippen molar-refractivity contribution >= 4 is 17.4 Å². The van der Waals surface area contributed by atoms with Crippen LogP contribution in [0.3, 0.4) is 0 Å². The maximum absolute atomic E-state index is 14.1. The fourth-order valence-corrected chi connectivity index (χ4v) is 7.50. The molecule has 1 N–H and O–H groups in total. The van der Waals surface area contributed by atoms with Gasteiger partial charge in [0.2, 0.25) is 5.91 Å². The first kappa shape index (κ1) is 29.7. The molecule has 0 bridgehead atoms. The summed E-state index contributed by atoms with van der Waals surface area (Å²) < 4.78 is 5.47. The molecule has 3 aromatic rings. The number of carbonyl (C=O) groups is 1. The largest absolute Gasteiger partial charge is 0.496 e. The highest BCUT2D eigenvalue weighted by Gasteiger charge is 2.32. The smallest absolute Gasteiger partial charge is 0.230 e. The Hall–Kier alpha value is -3.38. The Labute approximate surface area is 257 Å². The first-order valence-electron chi connectivity index (χ1n) is 16.4. The van der Waals surface area contributed by atoms with E-state index < -0.39 is 0 Å². The number of ether oxygens (including phenoxy) is 1. The molecule has 228 valence electrons. The van der Waals surface area contributed by atoms with Gasteiger partial charge in [-0.3, -0.25) is 4.79 Å². The second-order valence-electron chi connectivity index (χ2n) is 13.1. The van der Waals surface area contributed by atoms with E-state index in [0.29, 0.717) is 24.7 Å².